The highest BCUT2D eigenvalue weighted by Crippen LogP contribution is 2.08. The summed E-state index contributed by atoms with van der Waals surface area (Å²) in [7, 11) is 1.80. The maximum atomic E-state index is 12.0. The third-order valence-corrected chi connectivity index (χ3v) is 4.91. The van der Waals surface area contributed by atoms with Crippen molar-refractivity contribution in [1.29, 1.82) is 0 Å². The van der Waals surface area contributed by atoms with Crippen molar-refractivity contribution in [2.24, 2.45) is 0 Å². The minimum atomic E-state index is -0.228. The molecule has 0 saturated heterocycles. The SMILES string of the molecule is CN[C@H]1CSC/C=C\CSC[C@@H](C(C)=O)NCC1=O. The van der Waals surface area contributed by atoms with Gasteiger partial charge in [-0.05, 0) is 14.0 Å². The number of nitrogens with one attached hydrogen (secondary N) is 2. The Morgan fingerprint density at radius 1 is 1.32 bits per heavy atom. The van der Waals surface area contributed by atoms with Gasteiger partial charge < -0.3 is 5.32 Å². The molecule has 0 spiro atoms. The monoisotopic (exact) mass is 302 g/mol. The largest absolute Gasteiger partial charge is 0.310 e. The van der Waals surface area contributed by atoms with Crippen LogP contribution >= 0.6 is 23.5 Å². The molecule has 0 amide bonds. The summed E-state index contributed by atoms with van der Waals surface area (Å²) in [5.74, 6) is 3.53. The molecule has 0 aromatic rings. The van der Waals surface area contributed by atoms with E-state index in [1.54, 1.807) is 37.5 Å². The van der Waals surface area contributed by atoms with Crippen molar-refractivity contribution in [2.45, 2.75) is 19.0 Å². The van der Waals surface area contributed by atoms with E-state index in [-0.39, 0.29) is 30.2 Å². The van der Waals surface area contributed by atoms with Crippen molar-refractivity contribution < 1.29 is 9.59 Å². The van der Waals surface area contributed by atoms with E-state index in [1.807, 2.05) is 0 Å². The number of thioether (sulfide) groups is 2. The smallest absolute Gasteiger partial charge is 0.164 e. The fraction of sp³-hybridized carbons (Fsp3) is 0.692. The second-order valence-corrected chi connectivity index (χ2v) is 6.55. The van der Waals surface area contributed by atoms with Crippen molar-refractivity contribution in [2.75, 3.05) is 36.6 Å². The van der Waals surface area contributed by atoms with E-state index >= 15 is 0 Å². The van der Waals surface area contributed by atoms with E-state index in [0.29, 0.717) is 5.75 Å². The molecule has 0 saturated carbocycles. The van der Waals surface area contributed by atoms with Gasteiger partial charge in [-0.1, -0.05) is 12.2 Å². The second-order valence-electron chi connectivity index (χ2n) is 4.40. The van der Waals surface area contributed by atoms with Crippen molar-refractivity contribution in [3.8, 4) is 0 Å². The molecule has 1 aliphatic rings. The number of hydrogen-bond acceptors (Lipinski definition) is 6. The Kier molecular flexibility index (Phi) is 8.45. The molecule has 0 aromatic carbocycles. The zero-order valence-electron chi connectivity index (χ0n) is 11.5. The van der Waals surface area contributed by atoms with Crippen LogP contribution in [0.25, 0.3) is 0 Å². The Bertz CT molecular complexity index is 335. The maximum absolute atomic E-state index is 12.0. The Morgan fingerprint density at radius 3 is 2.53 bits per heavy atom. The second kappa shape index (κ2) is 9.58. The maximum Gasteiger partial charge on any atom is 0.164 e. The van der Waals surface area contributed by atoms with Crippen molar-refractivity contribution in [3.63, 3.8) is 0 Å². The van der Waals surface area contributed by atoms with Crippen LogP contribution in [0.5, 0.6) is 0 Å². The molecule has 19 heavy (non-hydrogen) atoms. The molecule has 0 unspecified atom stereocenters. The van der Waals surface area contributed by atoms with Crippen molar-refractivity contribution >= 4 is 35.1 Å². The van der Waals surface area contributed by atoms with Crippen LogP contribution in [0.2, 0.25) is 0 Å². The van der Waals surface area contributed by atoms with Gasteiger partial charge in [0.05, 0.1) is 18.6 Å². The molecule has 1 heterocycles. The summed E-state index contributed by atoms with van der Waals surface area (Å²) in [6.07, 6.45) is 4.26. The lowest BCUT2D eigenvalue weighted by atomic mass is 10.2. The zero-order valence-corrected chi connectivity index (χ0v) is 13.1. The summed E-state index contributed by atoms with van der Waals surface area (Å²) in [5.41, 5.74) is 0. The zero-order chi connectivity index (χ0) is 14.1. The predicted octanol–water partition coefficient (Wildman–Crippen LogP) is 0.727. The molecular formula is C13H22N2O2S2. The predicted molar refractivity (Wildman–Crippen MR) is 84.1 cm³/mol. The van der Waals surface area contributed by atoms with Gasteiger partial charge in [-0.25, -0.2) is 0 Å². The van der Waals surface area contributed by atoms with Gasteiger partial charge in [-0.15, -0.1) is 0 Å². The van der Waals surface area contributed by atoms with Gasteiger partial charge in [0, 0.05) is 23.0 Å². The Labute approximate surface area is 123 Å². The molecular weight excluding hydrogens is 280 g/mol. The number of rotatable bonds is 2. The van der Waals surface area contributed by atoms with Crippen molar-refractivity contribution in [1.82, 2.24) is 10.6 Å². The van der Waals surface area contributed by atoms with E-state index < -0.39 is 0 Å². The van der Waals surface area contributed by atoms with Gasteiger partial charge >= 0.3 is 0 Å². The van der Waals surface area contributed by atoms with Gasteiger partial charge in [0.1, 0.15) is 5.78 Å². The van der Waals surface area contributed by atoms with Crippen LogP contribution in [-0.2, 0) is 9.59 Å². The Morgan fingerprint density at radius 2 is 1.95 bits per heavy atom. The normalized spacial score (nSPS) is 28.8. The minimum Gasteiger partial charge on any atom is -0.310 e. The average Bonchev–Trinajstić information content (AvgIpc) is 2.40. The fourth-order valence-corrected chi connectivity index (χ4v) is 3.64. The molecule has 0 fully saturated rings. The van der Waals surface area contributed by atoms with Gasteiger partial charge in [-0.2, -0.15) is 23.5 Å². The number of likely N-dealkylation sites (N-methyl/N-ethyl adjacent to an activating group) is 1. The third-order valence-electron chi connectivity index (χ3n) is 2.91. The molecule has 2 N–H and O–H groups in total. The van der Waals surface area contributed by atoms with Crippen LogP contribution < -0.4 is 10.6 Å². The summed E-state index contributed by atoms with van der Waals surface area (Å²) >= 11 is 3.46. The highest BCUT2D eigenvalue weighted by atomic mass is 32.2. The van der Waals surface area contributed by atoms with Crippen LogP contribution in [0.15, 0.2) is 12.2 Å². The first-order chi connectivity index (χ1) is 9.15. The van der Waals surface area contributed by atoms with Crippen LogP contribution in [-0.4, -0.2) is 60.3 Å². The lowest BCUT2D eigenvalue weighted by Gasteiger charge is -2.18. The topological polar surface area (TPSA) is 58.2 Å². The van der Waals surface area contributed by atoms with E-state index in [4.69, 9.17) is 0 Å². The van der Waals surface area contributed by atoms with Crippen LogP contribution in [0.1, 0.15) is 6.92 Å². The highest BCUT2D eigenvalue weighted by molar-refractivity contribution is 7.99. The standard InChI is InChI=1S/C13H22N2O2S2/c1-10(16)11-8-18-5-3-4-6-19-9-12(14-2)13(17)7-15-11/h3-4,11-12,14-15H,5-9H2,1-2H3/b4-3-/t11-,12-/m0/s1. The lowest BCUT2D eigenvalue weighted by molar-refractivity contribution is -0.120. The number of hydrogen-bond donors (Lipinski definition) is 2. The summed E-state index contributed by atoms with van der Waals surface area (Å²) in [6.45, 7) is 1.83. The Balaban J connectivity index is 2.63. The van der Waals surface area contributed by atoms with Crippen LogP contribution in [0, 0.1) is 0 Å². The quantitative estimate of drug-likeness (QED) is 0.733. The van der Waals surface area contributed by atoms with Gasteiger partial charge in [0.2, 0.25) is 0 Å². The Hall–Kier alpha value is -0.300. The van der Waals surface area contributed by atoms with E-state index in [2.05, 4.69) is 22.8 Å². The molecule has 1 rings (SSSR count). The van der Waals surface area contributed by atoms with Crippen LogP contribution in [0.3, 0.4) is 0 Å². The van der Waals surface area contributed by atoms with E-state index in [9.17, 15) is 9.59 Å². The average molecular weight is 302 g/mol. The summed E-state index contributed by atoms with van der Waals surface area (Å²) < 4.78 is 0. The lowest BCUT2D eigenvalue weighted by Crippen LogP contribution is -2.46. The minimum absolute atomic E-state index is 0.0922. The summed E-state index contributed by atoms with van der Waals surface area (Å²) in [5, 5.41) is 6.12. The number of Topliss-reactive ketones (excluding diaryl/α,β-unsaturated/α-hetero) is 2. The molecule has 0 aromatic heterocycles. The summed E-state index contributed by atoms with van der Waals surface area (Å²) in [4.78, 5) is 23.6. The first-order valence-electron chi connectivity index (χ1n) is 6.39. The molecule has 108 valence electrons. The highest BCUT2D eigenvalue weighted by Gasteiger charge is 2.19. The number of carbonyl (C=O) groups excluding carboxylic acids is 2. The van der Waals surface area contributed by atoms with Gasteiger partial charge in [-0.3, -0.25) is 14.9 Å². The third kappa shape index (κ3) is 6.61. The molecule has 2 atom stereocenters. The fourth-order valence-electron chi connectivity index (χ4n) is 1.65. The summed E-state index contributed by atoms with van der Waals surface area (Å²) in [6, 6.07) is -0.375. The van der Waals surface area contributed by atoms with Gasteiger partial charge in [0.15, 0.2) is 5.78 Å². The van der Waals surface area contributed by atoms with E-state index in [0.717, 1.165) is 17.3 Å². The molecule has 0 bridgehead atoms. The molecule has 4 nitrogen and oxygen atoms in total. The van der Waals surface area contributed by atoms with Gasteiger partial charge in [0.25, 0.3) is 0 Å². The number of ketones is 2. The molecule has 0 radical (unpaired) electrons. The van der Waals surface area contributed by atoms with Crippen molar-refractivity contribution in [3.05, 3.63) is 12.2 Å². The first kappa shape index (κ1) is 16.8. The van der Waals surface area contributed by atoms with Crippen LogP contribution in [0.4, 0.5) is 0 Å². The molecule has 1 aliphatic heterocycles. The first-order valence-corrected chi connectivity index (χ1v) is 8.70. The van der Waals surface area contributed by atoms with E-state index in [1.165, 1.54) is 0 Å². The molecule has 6 heteroatoms. The molecule has 0 aliphatic carbocycles. The number of carbonyl (C=O) groups is 2.